The van der Waals surface area contributed by atoms with Crippen molar-refractivity contribution in [2.45, 2.75) is 52.1 Å². The lowest BCUT2D eigenvalue weighted by Gasteiger charge is -2.21. The van der Waals surface area contributed by atoms with Crippen LogP contribution in [-0.2, 0) is 24.3 Å². The summed E-state index contributed by atoms with van der Waals surface area (Å²) in [5.74, 6) is -0.285. The molecule has 1 N–H and O–H groups in total. The second-order valence-electron chi connectivity index (χ2n) is 8.24. The summed E-state index contributed by atoms with van der Waals surface area (Å²) >= 11 is 0. The number of carbonyl (C=O) groups is 1. The number of fused-ring (bicyclic) bond motifs is 1. The molecule has 162 valence electrons. The highest BCUT2D eigenvalue weighted by Crippen LogP contribution is 2.25. The van der Waals surface area contributed by atoms with Gasteiger partial charge in [0.15, 0.2) is 0 Å². The van der Waals surface area contributed by atoms with Crippen LogP contribution in [0.3, 0.4) is 0 Å². The van der Waals surface area contributed by atoms with Crippen LogP contribution in [-0.4, -0.2) is 26.8 Å². The molecule has 0 saturated carbocycles. The zero-order valence-electron chi connectivity index (χ0n) is 17.9. The molecule has 3 aromatic rings. The number of hydrogen-bond acceptors (Lipinski definition) is 3. The van der Waals surface area contributed by atoms with Crippen molar-refractivity contribution in [3.8, 4) is 0 Å². The Hall–Kier alpha value is -3.22. The van der Waals surface area contributed by atoms with Gasteiger partial charge in [-0.3, -0.25) is 9.36 Å². The predicted molar refractivity (Wildman–Crippen MR) is 117 cm³/mol. The number of rotatable bonds is 6. The van der Waals surface area contributed by atoms with Gasteiger partial charge < -0.3 is 5.32 Å². The van der Waals surface area contributed by atoms with Crippen LogP contribution < -0.4 is 11.0 Å². The van der Waals surface area contributed by atoms with E-state index in [2.05, 4.69) is 16.5 Å². The van der Waals surface area contributed by atoms with Crippen LogP contribution in [0.25, 0.3) is 0 Å². The van der Waals surface area contributed by atoms with Crippen LogP contribution in [0.15, 0.2) is 47.3 Å². The number of amides is 1. The molecule has 1 aliphatic rings. The lowest BCUT2D eigenvalue weighted by atomic mass is 9.98. The van der Waals surface area contributed by atoms with E-state index in [1.807, 2.05) is 26.0 Å². The van der Waals surface area contributed by atoms with Crippen LogP contribution in [0.4, 0.5) is 4.39 Å². The maximum atomic E-state index is 13.0. The van der Waals surface area contributed by atoms with Crippen LogP contribution in [0, 0.1) is 19.7 Å². The number of aromatic nitrogens is 3. The van der Waals surface area contributed by atoms with E-state index in [0.717, 1.165) is 28.7 Å². The van der Waals surface area contributed by atoms with Crippen LogP contribution in [0.1, 0.15) is 46.8 Å². The van der Waals surface area contributed by atoms with Crippen molar-refractivity contribution in [1.29, 1.82) is 0 Å². The van der Waals surface area contributed by atoms with Gasteiger partial charge in [-0.15, -0.1) is 0 Å². The molecule has 0 aliphatic carbocycles. The van der Waals surface area contributed by atoms with Crippen molar-refractivity contribution in [3.63, 3.8) is 0 Å². The minimum absolute atomic E-state index is 0.119. The van der Waals surface area contributed by atoms with Gasteiger partial charge >= 0.3 is 5.69 Å². The lowest BCUT2D eigenvalue weighted by Crippen LogP contribution is -2.36. The monoisotopic (exact) mass is 422 g/mol. The SMILES string of the molecule is Cc1ccc(C)c(Cn2nc3n(c2=O)CCCC3C(=O)NCCc2ccc(F)cc2)c1. The molecular formula is C24H27FN4O2. The summed E-state index contributed by atoms with van der Waals surface area (Å²) in [5.41, 5.74) is 4.09. The first-order chi connectivity index (χ1) is 14.9. The fourth-order valence-corrected chi connectivity index (χ4v) is 4.10. The first-order valence-corrected chi connectivity index (χ1v) is 10.7. The van der Waals surface area contributed by atoms with E-state index in [0.29, 0.717) is 38.3 Å². The minimum atomic E-state index is -0.436. The minimum Gasteiger partial charge on any atom is -0.355 e. The van der Waals surface area contributed by atoms with E-state index < -0.39 is 5.92 Å². The Morgan fingerprint density at radius 1 is 1.19 bits per heavy atom. The zero-order valence-corrected chi connectivity index (χ0v) is 17.9. The molecule has 1 aromatic heterocycles. The molecule has 31 heavy (non-hydrogen) atoms. The number of hydrogen-bond donors (Lipinski definition) is 1. The number of halogens is 1. The van der Waals surface area contributed by atoms with E-state index in [9.17, 15) is 14.0 Å². The normalized spacial score (nSPS) is 15.5. The maximum absolute atomic E-state index is 13.0. The third kappa shape index (κ3) is 4.60. The summed E-state index contributed by atoms with van der Waals surface area (Å²) in [4.78, 5) is 25.8. The second-order valence-corrected chi connectivity index (χ2v) is 8.24. The van der Waals surface area contributed by atoms with Crippen molar-refractivity contribution in [2.24, 2.45) is 0 Å². The molecule has 2 heterocycles. The van der Waals surface area contributed by atoms with Gasteiger partial charge in [-0.2, -0.15) is 5.10 Å². The van der Waals surface area contributed by atoms with Gasteiger partial charge in [0.2, 0.25) is 5.91 Å². The summed E-state index contributed by atoms with van der Waals surface area (Å²) in [7, 11) is 0. The number of nitrogens with zero attached hydrogens (tertiary/aromatic N) is 3. The Bertz CT molecular complexity index is 1150. The molecule has 6 nitrogen and oxygen atoms in total. The van der Waals surface area contributed by atoms with Crippen LogP contribution >= 0.6 is 0 Å². The van der Waals surface area contributed by atoms with Crippen LogP contribution in [0.2, 0.25) is 0 Å². The third-order valence-corrected chi connectivity index (χ3v) is 5.91. The van der Waals surface area contributed by atoms with Gasteiger partial charge in [0, 0.05) is 13.1 Å². The van der Waals surface area contributed by atoms with Crippen molar-refractivity contribution in [1.82, 2.24) is 19.7 Å². The summed E-state index contributed by atoms with van der Waals surface area (Å²) in [5, 5.41) is 7.51. The molecular weight excluding hydrogens is 395 g/mol. The molecule has 1 amide bonds. The predicted octanol–water partition coefficient (Wildman–Crippen LogP) is 3.09. The molecule has 0 radical (unpaired) electrons. The smallest absolute Gasteiger partial charge is 0.346 e. The van der Waals surface area contributed by atoms with Crippen molar-refractivity contribution >= 4 is 5.91 Å². The Balaban J connectivity index is 1.47. The Morgan fingerprint density at radius 2 is 1.97 bits per heavy atom. The largest absolute Gasteiger partial charge is 0.355 e. The van der Waals surface area contributed by atoms with Gasteiger partial charge in [-0.1, -0.05) is 35.9 Å². The van der Waals surface area contributed by atoms with Gasteiger partial charge in [-0.25, -0.2) is 13.9 Å². The molecule has 0 fully saturated rings. The van der Waals surface area contributed by atoms with E-state index in [-0.39, 0.29) is 17.4 Å². The van der Waals surface area contributed by atoms with E-state index in [4.69, 9.17) is 0 Å². The fourth-order valence-electron chi connectivity index (χ4n) is 4.10. The highest BCUT2D eigenvalue weighted by molar-refractivity contribution is 5.82. The summed E-state index contributed by atoms with van der Waals surface area (Å²) in [6.07, 6.45) is 2.05. The fraction of sp³-hybridized carbons (Fsp3) is 0.375. The quantitative estimate of drug-likeness (QED) is 0.664. The number of nitrogens with one attached hydrogen (secondary N) is 1. The third-order valence-electron chi connectivity index (χ3n) is 5.91. The molecule has 1 aliphatic heterocycles. The highest BCUT2D eigenvalue weighted by atomic mass is 19.1. The summed E-state index contributed by atoms with van der Waals surface area (Å²) in [6, 6.07) is 12.4. The number of benzene rings is 2. The van der Waals surface area contributed by atoms with E-state index in [1.54, 1.807) is 16.7 Å². The highest BCUT2D eigenvalue weighted by Gasteiger charge is 2.31. The number of carbonyl (C=O) groups excluding carboxylic acids is 1. The summed E-state index contributed by atoms with van der Waals surface area (Å²) < 4.78 is 16.1. The lowest BCUT2D eigenvalue weighted by molar-refractivity contribution is -0.123. The van der Waals surface area contributed by atoms with Crippen molar-refractivity contribution in [2.75, 3.05) is 6.54 Å². The maximum Gasteiger partial charge on any atom is 0.346 e. The standard InChI is InChI=1S/C24H27FN4O2/c1-16-5-6-17(2)19(14-16)15-29-24(31)28-13-3-4-21(22(28)27-29)23(30)26-12-11-18-7-9-20(25)10-8-18/h5-10,14,21H,3-4,11-13,15H2,1-2H3,(H,26,30). The Kier molecular flexibility index (Phi) is 6.02. The topological polar surface area (TPSA) is 68.9 Å². The second kappa shape index (κ2) is 8.88. The summed E-state index contributed by atoms with van der Waals surface area (Å²) in [6.45, 7) is 5.48. The van der Waals surface area contributed by atoms with Gasteiger partial charge in [0.25, 0.3) is 0 Å². The molecule has 1 unspecified atom stereocenters. The molecule has 4 rings (SSSR count). The van der Waals surface area contributed by atoms with Crippen molar-refractivity contribution < 1.29 is 9.18 Å². The van der Waals surface area contributed by atoms with E-state index >= 15 is 0 Å². The van der Waals surface area contributed by atoms with Gasteiger partial charge in [0.1, 0.15) is 11.6 Å². The molecule has 0 saturated heterocycles. The van der Waals surface area contributed by atoms with Crippen LogP contribution in [0.5, 0.6) is 0 Å². The first-order valence-electron chi connectivity index (χ1n) is 10.7. The van der Waals surface area contributed by atoms with Gasteiger partial charge in [0.05, 0.1) is 12.5 Å². The van der Waals surface area contributed by atoms with Gasteiger partial charge in [-0.05, 0) is 61.9 Å². The van der Waals surface area contributed by atoms with E-state index in [1.165, 1.54) is 16.8 Å². The Morgan fingerprint density at radius 3 is 2.74 bits per heavy atom. The average molecular weight is 423 g/mol. The molecule has 0 bridgehead atoms. The molecule has 7 heteroatoms. The molecule has 0 spiro atoms. The zero-order chi connectivity index (χ0) is 22.0. The van der Waals surface area contributed by atoms with Crippen molar-refractivity contribution in [3.05, 3.63) is 86.8 Å². The molecule has 2 aromatic carbocycles. The Labute approximate surface area is 180 Å². The average Bonchev–Trinajstić information content (AvgIpc) is 3.07. The number of aryl methyl sites for hydroxylation is 2. The first kappa shape index (κ1) is 21.0. The molecule has 1 atom stereocenters.